The zero-order valence-electron chi connectivity index (χ0n) is 8.81. The largest absolute Gasteiger partial charge is 0.419 e. The molecule has 0 fully saturated rings. The molecule has 1 rings (SSSR count). The van der Waals surface area contributed by atoms with Crippen molar-refractivity contribution in [2.24, 2.45) is 5.73 Å². The fourth-order valence-corrected chi connectivity index (χ4v) is 1.38. The Bertz CT molecular complexity index is 359. The van der Waals surface area contributed by atoms with Crippen molar-refractivity contribution in [3.63, 3.8) is 0 Å². The zero-order chi connectivity index (χ0) is 12.3. The summed E-state index contributed by atoms with van der Waals surface area (Å²) >= 11 is 0. The number of benzene rings is 1. The summed E-state index contributed by atoms with van der Waals surface area (Å²) in [4.78, 5) is 0. The van der Waals surface area contributed by atoms with Gasteiger partial charge in [0.2, 0.25) is 0 Å². The minimum atomic E-state index is -4.66. The molecule has 0 aromatic heterocycles. The van der Waals surface area contributed by atoms with E-state index in [9.17, 15) is 17.6 Å². The highest BCUT2D eigenvalue weighted by atomic mass is 19.4. The highest BCUT2D eigenvalue weighted by Gasteiger charge is 2.34. The molecule has 16 heavy (non-hydrogen) atoms. The first-order valence-electron chi connectivity index (χ1n) is 4.96. The van der Waals surface area contributed by atoms with Crippen molar-refractivity contribution in [2.75, 3.05) is 0 Å². The SMILES string of the molecule is CCC(N)Cc1cccc(C(F)(F)F)c1F. The molecule has 0 saturated heterocycles. The zero-order valence-corrected chi connectivity index (χ0v) is 8.81. The van der Waals surface area contributed by atoms with Crippen molar-refractivity contribution in [1.29, 1.82) is 0 Å². The standard InChI is InChI=1S/C11H13F4N/c1-2-8(16)6-7-4-3-5-9(10(7)12)11(13,14)15/h3-5,8H,2,6,16H2,1H3. The van der Waals surface area contributed by atoms with E-state index < -0.39 is 17.6 Å². The van der Waals surface area contributed by atoms with Gasteiger partial charge in [0.05, 0.1) is 5.56 Å². The first-order chi connectivity index (χ1) is 7.36. The molecular formula is C11H13F4N. The second kappa shape index (κ2) is 4.82. The molecule has 0 aliphatic rings. The van der Waals surface area contributed by atoms with Gasteiger partial charge in [-0.05, 0) is 24.5 Å². The second-order valence-corrected chi connectivity index (χ2v) is 3.65. The number of hydrogen-bond acceptors (Lipinski definition) is 1. The van der Waals surface area contributed by atoms with Gasteiger partial charge >= 0.3 is 6.18 Å². The fraction of sp³-hybridized carbons (Fsp3) is 0.455. The van der Waals surface area contributed by atoms with Gasteiger partial charge in [-0.25, -0.2) is 4.39 Å². The van der Waals surface area contributed by atoms with Gasteiger partial charge in [0.15, 0.2) is 0 Å². The van der Waals surface area contributed by atoms with Crippen LogP contribution in [0.15, 0.2) is 18.2 Å². The lowest BCUT2D eigenvalue weighted by atomic mass is 10.0. The summed E-state index contributed by atoms with van der Waals surface area (Å²) in [6.07, 6.45) is -3.95. The van der Waals surface area contributed by atoms with E-state index in [-0.39, 0.29) is 18.0 Å². The van der Waals surface area contributed by atoms with E-state index in [1.807, 2.05) is 0 Å². The minimum absolute atomic E-state index is 0.0178. The van der Waals surface area contributed by atoms with Gasteiger partial charge in [0.25, 0.3) is 0 Å². The summed E-state index contributed by atoms with van der Waals surface area (Å²) < 4.78 is 50.6. The lowest BCUT2D eigenvalue weighted by Gasteiger charge is -2.13. The third-order valence-electron chi connectivity index (χ3n) is 2.39. The van der Waals surface area contributed by atoms with Gasteiger partial charge in [-0.2, -0.15) is 13.2 Å². The Hall–Kier alpha value is -1.10. The Morgan fingerprint density at radius 2 is 1.94 bits per heavy atom. The van der Waals surface area contributed by atoms with Gasteiger partial charge in [0, 0.05) is 6.04 Å². The molecular weight excluding hydrogens is 222 g/mol. The normalized spacial score (nSPS) is 13.9. The van der Waals surface area contributed by atoms with E-state index in [2.05, 4.69) is 0 Å². The molecule has 0 bridgehead atoms. The van der Waals surface area contributed by atoms with Gasteiger partial charge in [0.1, 0.15) is 5.82 Å². The van der Waals surface area contributed by atoms with E-state index in [0.29, 0.717) is 6.42 Å². The molecule has 0 saturated carbocycles. The molecule has 0 amide bonds. The molecule has 90 valence electrons. The van der Waals surface area contributed by atoms with Crippen LogP contribution in [-0.2, 0) is 12.6 Å². The predicted molar refractivity (Wildman–Crippen MR) is 53.4 cm³/mol. The third kappa shape index (κ3) is 2.95. The van der Waals surface area contributed by atoms with E-state index in [1.54, 1.807) is 6.92 Å². The van der Waals surface area contributed by atoms with Crippen LogP contribution in [0.5, 0.6) is 0 Å². The van der Waals surface area contributed by atoms with E-state index in [0.717, 1.165) is 6.07 Å². The molecule has 0 aliphatic heterocycles. The molecule has 0 aliphatic carbocycles. The summed E-state index contributed by atoms with van der Waals surface area (Å²) in [5.74, 6) is -1.21. The number of hydrogen-bond donors (Lipinski definition) is 1. The third-order valence-corrected chi connectivity index (χ3v) is 2.39. The Balaban J connectivity index is 3.05. The first kappa shape index (κ1) is 13.0. The van der Waals surface area contributed by atoms with Crippen LogP contribution in [0.25, 0.3) is 0 Å². The van der Waals surface area contributed by atoms with E-state index in [4.69, 9.17) is 5.73 Å². The van der Waals surface area contributed by atoms with Crippen LogP contribution in [-0.4, -0.2) is 6.04 Å². The maximum Gasteiger partial charge on any atom is 0.419 e. The highest BCUT2D eigenvalue weighted by molar-refractivity contribution is 5.28. The van der Waals surface area contributed by atoms with Gasteiger partial charge < -0.3 is 5.73 Å². The Morgan fingerprint density at radius 1 is 1.31 bits per heavy atom. The molecule has 0 spiro atoms. The minimum Gasteiger partial charge on any atom is -0.327 e. The Kier molecular flexibility index (Phi) is 3.91. The van der Waals surface area contributed by atoms with Crippen molar-refractivity contribution in [1.82, 2.24) is 0 Å². The summed E-state index contributed by atoms with van der Waals surface area (Å²) in [6, 6.07) is 2.94. The number of alkyl halides is 3. The van der Waals surface area contributed by atoms with Gasteiger partial charge in [-0.3, -0.25) is 0 Å². The molecule has 0 heterocycles. The van der Waals surface area contributed by atoms with Crippen molar-refractivity contribution < 1.29 is 17.6 Å². The molecule has 1 unspecified atom stereocenters. The van der Waals surface area contributed by atoms with Crippen molar-refractivity contribution in [3.8, 4) is 0 Å². The van der Waals surface area contributed by atoms with Crippen LogP contribution >= 0.6 is 0 Å². The predicted octanol–water partition coefficient (Wildman–Crippen LogP) is 3.12. The fourth-order valence-electron chi connectivity index (χ4n) is 1.38. The monoisotopic (exact) mass is 235 g/mol. The molecule has 1 aromatic rings. The highest BCUT2D eigenvalue weighted by Crippen LogP contribution is 2.32. The van der Waals surface area contributed by atoms with Crippen LogP contribution in [0, 0.1) is 5.82 Å². The van der Waals surface area contributed by atoms with Crippen molar-refractivity contribution in [2.45, 2.75) is 32.0 Å². The van der Waals surface area contributed by atoms with Gasteiger partial charge in [-0.1, -0.05) is 19.1 Å². The van der Waals surface area contributed by atoms with Crippen LogP contribution in [0.3, 0.4) is 0 Å². The topological polar surface area (TPSA) is 26.0 Å². The summed E-state index contributed by atoms with van der Waals surface area (Å²) in [7, 11) is 0. The van der Waals surface area contributed by atoms with E-state index >= 15 is 0 Å². The average molecular weight is 235 g/mol. The Labute approximate surface area is 91.3 Å². The van der Waals surface area contributed by atoms with Crippen LogP contribution in [0.2, 0.25) is 0 Å². The lowest BCUT2D eigenvalue weighted by Crippen LogP contribution is -2.22. The van der Waals surface area contributed by atoms with Crippen molar-refractivity contribution in [3.05, 3.63) is 35.1 Å². The maximum atomic E-state index is 13.5. The van der Waals surface area contributed by atoms with Crippen molar-refractivity contribution >= 4 is 0 Å². The summed E-state index contributed by atoms with van der Waals surface area (Å²) in [6.45, 7) is 1.80. The average Bonchev–Trinajstić information content (AvgIpc) is 2.19. The molecule has 1 aromatic carbocycles. The molecule has 1 nitrogen and oxygen atoms in total. The number of rotatable bonds is 3. The lowest BCUT2D eigenvalue weighted by molar-refractivity contribution is -0.140. The molecule has 0 radical (unpaired) electrons. The van der Waals surface area contributed by atoms with Crippen LogP contribution in [0.1, 0.15) is 24.5 Å². The van der Waals surface area contributed by atoms with Crippen LogP contribution < -0.4 is 5.73 Å². The molecule has 5 heteroatoms. The first-order valence-corrected chi connectivity index (χ1v) is 4.96. The smallest absolute Gasteiger partial charge is 0.327 e. The van der Waals surface area contributed by atoms with E-state index in [1.165, 1.54) is 12.1 Å². The molecule has 2 N–H and O–H groups in total. The second-order valence-electron chi connectivity index (χ2n) is 3.65. The quantitative estimate of drug-likeness (QED) is 0.800. The number of nitrogens with two attached hydrogens (primary N) is 1. The number of halogens is 4. The maximum absolute atomic E-state index is 13.5. The Morgan fingerprint density at radius 3 is 2.44 bits per heavy atom. The van der Waals surface area contributed by atoms with Gasteiger partial charge in [-0.15, -0.1) is 0 Å². The summed E-state index contributed by atoms with van der Waals surface area (Å²) in [5.41, 5.74) is 4.37. The molecule has 1 atom stereocenters. The van der Waals surface area contributed by atoms with Crippen LogP contribution in [0.4, 0.5) is 17.6 Å². The summed E-state index contributed by atoms with van der Waals surface area (Å²) in [5, 5.41) is 0.